The summed E-state index contributed by atoms with van der Waals surface area (Å²) in [4.78, 5) is 26.7. The van der Waals surface area contributed by atoms with Crippen LogP contribution in [-0.4, -0.2) is 57.5 Å². The Morgan fingerprint density at radius 2 is 1.18 bits per heavy atom. The Hall–Kier alpha value is -2.83. The molecule has 0 saturated carbocycles. The second-order valence-electron chi connectivity index (χ2n) is 6.42. The number of rotatable bonds is 5. The van der Waals surface area contributed by atoms with Gasteiger partial charge in [0.25, 0.3) is 0 Å². The summed E-state index contributed by atoms with van der Waals surface area (Å²) in [5.74, 6) is 0.173. The molecule has 3 rings (SSSR count). The first-order chi connectivity index (χ1) is 15.0. The Kier molecular flexibility index (Phi) is 11.1. The van der Waals surface area contributed by atoms with Crippen molar-refractivity contribution in [3.8, 4) is 11.5 Å². The largest absolute Gasteiger partial charge is 2.00 e. The molecule has 0 aliphatic rings. The van der Waals surface area contributed by atoms with Crippen molar-refractivity contribution in [3.05, 3.63) is 89.7 Å². The summed E-state index contributed by atoms with van der Waals surface area (Å²) in [6, 6.07) is 20.5. The molecular weight excluding hydrogens is 463 g/mol. The topological polar surface area (TPSA) is 146 Å². The first-order valence-electron chi connectivity index (χ1n) is 9.17. The van der Waals surface area contributed by atoms with Crippen LogP contribution >= 0.6 is 0 Å². The first-order valence-corrected chi connectivity index (χ1v) is 10.5. The van der Waals surface area contributed by atoms with Gasteiger partial charge in [-0.1, -0.05) is 30.3 Å². The maximum absolute atomic E-state index is 11.1. The van der Waals surface area contributed by atoms with Gasteiger partial charge >= 0.3 is 35.0 Å². The quantitative estimate of drug-likeness (QED) is 0.176. The van der Waals surface area contributed by atoms with Crippen molar-refractivity contribution in [2.24, 2.45) is 0 Å². The minimum atomic E-state index is -5.17. The Balaban J connectivity index is 0.000000821. The van der Waals surface area contributed by atoms with Gasteiger partial charge in [-0.25, -0.2) is 0 Å². The number of benzene rings is 2. The van der Waals surface area contributed by atoms with Gasteiger partial charge in [-0.05, 0) is 47.5 Å². The van der Waals surface area contributed by atoms with E-state index in [-0.39, 0.29) is 40.9 Å². The van der Waals surface area contributed by atoms with Gasteiger partial charge in [-0.2, -0.15) is 0 Å². The third-order valence-electron chi connectivity index (χ3n) is 3.93. The molecule has 0 radical (unpaired) electrons. The number of hydrogen-bond donors (Lipinski definition) is 0. The van der Waals surface area contributed by atoms with Crippen molar-refractivity contribution in [2.75, 3.05) is 0 Å². The van der Waals surface area contributed by atoms with E-state index in [9.17, 15) is 9.59 Å². The molecule has 1 heterocycles. The van der Waals surface area contributed by atoms with Gasteiger partial charge in [0.15, 0.2) is 0 Å². The van der Waals surface area contributed by atoms with Crippen LogP contribution in [0.2, 0.25) is 0 Å². The molecule has 0 spiro atoms. The van der Waals surface area contributed by atoms with Crippen molar-refractivity contribution in [1.82, 2.24) is 4.98 Å². The normalized spacial score (nSPS) is 10.3. The van der Waals surface area contributed by atoms with Crippen LogP contribution in [0.25, 0.3) is 0 Å². The maximum atomic E-state index is 11.1. The van der Waals surface area contributed by atoms with Gasteiger partial charge in [0.05, 0.1) is 11.6 Å². The van der Waals surface area contributed by atoms with Gasteiger partial charge in [-0.15, -0.1) is 0 Å². The molecule has 0 atom stereocenters. The zero-order valence-corrected chi connectivity index (χ0v) is 20.1. The average Bonchev–Trinajstić information content (AvgIpc) is 2.70. The zero-order valence-electron chi connectivity index (χ0n) is 17.8. The predicted molar refractivity (Wildman–Crippen MR) is 117 cm³/mol. The van der Waals surface area contributed by atoms with Gasteiger partial charge in [0, 0.05) is 30.4 Å². The van der Waals surface area contributed by atoms with Crippen LogP contribution in [-0.2, 0) is 20.0 Å². The monoisotopic (exact) mass is 481 g/mol. The van der Waals surface area contributed by atoms with E-state index in [1.54, 1.807) is 30.5 Å². The molecule has 0 aliphatic carbocycles. The number of esters is 2. The number of carbonyl (C=O) groups is 2. The fraction of sp³-hybridized carbons (Fsp3) is 0.136. The van der Waals surface area contributed by atoms with Crippen molar-refractivity contribution in [1.29, 1.82) is 0 Å². The summed E-state index contributed by atoms with van der Waals surface area (Å²) in [5.41, 5.74) is 2.90. The Morgan fingerprint density at radius 3 is 1.48 bits per heavy atom. The van der Waals surface area contributed by atoms with E-state index in [0.717, 1.165) is 16.8 Å². The molecule has 0 aliphatic heterocycles. The predicted octanol–water partition coefficient (Wildman–Crippen LogP) is 2.39. The second-order valence-corrected chi connectivity index (χ2v) is 7.24. The van der Waals surface area contributed by atoms with Crippen LogP contribution in [0.3, 0.4) is 0 Å². The van der Waals surface area contributed by atoms with E-state index in [4.69, 9.17) is 27.0 Å². The molecule has 168 valence electrons. The van der Waals surface area contributed by atoms with Crippen LogP contribution in [0.5, 0.6) is 11.5 Å². The van der Waals surface area contributed by atoms with E-state index < -0.39 is 10.4 Å². The van der Waals surface area contributed by atoms with Gasteiger partial charge in [0.1, 0.15) is 11.5 Å². The van der Waals surface area contributed by atoms with Crippen molar-refractivity contribution < 1.29 is 36.6 Å². The third kappa shape index (κ3) is 10.6. The summed E-state index contributed by atoms with van der Waals surface area (Å²) in [6.45, 7) is 2.74. The minimum Gasteiger partial charge on any atom is -0.759 e. The minimum absolute atomic E-state index is 0. The molecule has 0 amide bonds. The Labute approximate surface area is 207 Å². The van der Waals surface area contributed by atoms with E-state index in [1.165, 1.54) is 13.8 Å². The molecule has 3 aromatic rings. The average molecular weight is 482 g/mol. The molecule has 9 nitrogen and oxygen atoms in total. The van der Waals surface area contributed by atoms with Crippen LogP contribution in [0.4, 0.5) is 0 Å². The summed E-state index contributed by atoms with van der Waals surface area (Å²) >= 11 is 0. The molecule has 2 aromatic carbocycles. The number of aromatic nitrogens is 1. The SMILES string of the molecule is CC(=O)Oc1ccc(C(c2ccc(OC(C)=O)cc2)c2ccccn2)cc1.O=S(=O)([O-])[O-].[Mg+2]. The Morgan fingerprint density at radius 1 is 0.788 bits per heavy atom. The fourth-order valence-electron chi connectivity index (χ4n) is 2.87. The number of nitrogens with zero attached hydrogens (tertiary/aromatic N) is 1. The Bertz CT molecular complexity index is 1080. The smallest absolute Gasteiger partial charge is 0.759 e. The van der Waals surface area contributed by atoms with Crippen molar-refractivity contribution >= 4 is 45.4 Å². The molecule has 1 aromatic heterocycles. The molecule has 33 heavy (non-hydrogen) atoms. The zero-order chi connectivity index (χ0) is 23.7. The molecule has 0 saturated heterocycles. The van der Waals surface area contributed by atoms with Crippen LogP contribution in [0.15, 0.2) is 72.9 Å². The standard InChI is InChI=1S/C22H19NO4.Mg.H2O4S/c1-15(24)26-19-10-6-17(7-11-19)22(21-5-3-4-14-23-21)18-8-12-20(13-9-18)27-16(2)25;;1-5(2,3)4/h3-14,22H,1-2H3;;(H2,1,2,3,4)/q;+2;/p-2. The number of hydrogen-bond acceptors (Lipinski definition) is 9. The van der Waals surface area contributed by atoms with E-state index in [2.05, 4.69) is 4.98 Å². The van der Waals surface area contributed by atoms with E-state index >= 15 is 0 Å². The molecule has 0 N–H and O–H groups in total. The number of carbonyl (C=O) groups excluding carboxylic acids is 2. The fourth-order valence-corrected chi connectivity index (χ4v) is 2.87. The van der Waals surface area contributed by atoms with E-state index in [1.807, 2.05) is 42.5 Å². The molecule has 0 bridgehead atoms. The third-order valence-corrected chi connectivity index (χ3v) is 3.93. The summed E-state index contributed by atoms with van der Waals surface area (Å²) in [6.07, 6.45) is 1.75. The van der Waals surface area contributed by atoms with E-state index in [0.29, 0.717) is 11.5 Å². The van der Waals surface area contributed by atoms with Gasteiger partial charge in [-0.3, -0.25) is 23.0 Å². The molecule has 0 fully saturated rings. The second kappa shape index (κ2) is 13.0. The molecule has 11 heteroatoms. The number of ether oxygens (including phenoxy) is 2. The summed E-state index contributed by atoms with van der Waals surface area (Å²) in [5, 5.41) is 0. The van der Waals surface area contributed by atoms with Crippen molar-refractivity contribution in [2.45, 2.75) is 19.8 Å². The van der Waals surface area contributed by atoms with Gasteiger partial charge < -0.3 is 18.6 Å². The van der Waals surface area contributed by atoms with Gasteiger partial charge in [0.2, 0.25) is 0 Å². The molecule has 0 unspecified atom stereocenters. The molecular formula is C22H19MgNO8S. The summed E-state index contributed by atoms with van der Waals surface area (Å²) < 4.78 is 44.3. The van der Waals surface area contributed by atoms with Crippen LogP contribution in [0.1, 0.15) is 36.6 Å². The van der Waals surface area contributed by atoms with Crippen LogP contribution in [0, 0.1) is 0 Å². The summed E-state index contributed by atoms with van der Waals surface area (Å²) in [7, 11) is -5.17. The van der Waals surface area contributed by atoms with Crippen LogP contribution < -0.4 is 9.47 Å². The van der Waals surface area contributed by atoms with Crippen molar-refractivity contribution in [3.63, 3.8) is 0 Å². The number of pyridine rings is 1. The maximum Gasteiger partial charge on any atom is 2.00 e. The first kappa shape index (κ1) is 28.2.